The maximum Gasteiger partial charge on any atom is 0.146 e. The summed E-state index contributed by atoms with van der Waals surface area (Å²) in [6.07, 6.45) is 3.42. The van der Waals surface area contributed by atoms with E-state index in [4.69, 9.17) is 4.74 Å². The fourth-order valence-corrected chi connectivity index (χ4v) is 1.85. The van der Waals surface area contributed by atoms with Gasteiger partial charge < -0.3 is 10.1 Å². The van der Waals surface area contributed by atoms with E-state index in [1.165, 1.54) is 5.56 Å². The number of hydrogen-bond donors (Lipinski definition) is 1. The lowest BCUT2D eigenvalue weighted by atomic mass is 10.2. The number of pyridine rings is 1. The van der Waals surface area contributed by atoms with Crippen LogP contribution in [0.4, 0.5) is 0 Å². The minimum absolute atomic E-state index is 0.723. The van der Waals surface area contributed by atoms with E-state index >= 15 is 0 Å². The molecule has 0 spiro atoms. The predicted octanol–water partition coefficient (Wildman–Crippen LogP) is 3.36. The van der Waals surface area contributed by atoms with Crippen molar-refractivity contribution in [3.05, 3.63) is 52.8 Å². The lowest BCUT2D eigenvalue weighted by molar-refractivity contribution is 0.479. The highest BCUT2D eigenvalue weighted by molar-refractivity contribution is 9.10. The zero-order valence-corrected chi connectivity index (χ0v) is 11.1. The van der Waals surface area contributed by atoms with E-state index in [2.05, 4.69) is 32.3 Å². The summed E-state index contributed by atoms with van der Waals surface area (Å²) in [6, 6.07) is 9.87. The van der Waals surface area contributed by atoms with E-state index in [1.807, 2.05) is 31.3 Å². The Morgan fingerprint density at radius 1 is 1.24 bits per heavy atom. The largest absolute Gasteiger partial charge is 0.456 e. The minimum atomic E-state index is 0.723. The molecule has 0 bridgehead atoms. The Balaban J connectivity index is 2.15. The maximum absolute atomic E-state index is 5.73. The topological polar surface area (TPSA) is 34.1 Å². The first-order valence-corrected chi connectivity index (χ1v) is 6.09. The molecule has 0 saturated heterocycles. The van der Waals surface area contributed by atoms with Crippen molar-refractivity contribution in [3.8, 4) is 11.5 Å². The third-order valence-electron chi connectivity index (χ3n) is 2.19. The van der Waals surface area contributed by atoms with Gasteiger partial charge in [-0.15, -0.1) is 0 Å². The molecule has 2 aromatic rings. The monoisotopic (exact) mass is 292 g/mol. The molecule has 17 heavy (non-hydrogen) atoms. The normalized spacial score (nSPS) is 10.2. The van der Waals surface area contributed by atoms with Crippen molar-refractivity contribution in [3.63, 3.8) is 0 Å². The van der Waals surface area contributed by atoms with Crippen molar-refractivity contribution in [2.24, 2.45) is 0 Å². The molecule has 0 radical (unpaired) electrons. The maximum atomic E-state index is 5.73. The number of nitrogens with zero attached hydrogens (tertiary/aromatic N) is 1. The van der Waals surface area contributed by atoms with Gasteiger partial charge in [-0.05, 0) is 46.7 Å². The smallest absolute Gasteiger partial charge is 0.146 e. The van der Waals surface area contributed by atoms with Crippen molar-refractivity contribution < 1.29 is 4.74 Å². The number of halogens is 1. The van der Waals surface area contributed by atoms with Gasteiger partial charge in [0.2, 0.25) is 0 Å². The molecule has 1 aromatic heterocycles. The third-order valence-corrected chi connectivity index (χ3v) is 2.63. The summed E-state index contributed by atoms with van der Waals surface area (Å²) in [7, 11) is 1.92. The second-order valence-electron chi connectivity index (χ2n) is 3.62. The van der Waals surface area contributed by atoms with Gasteiger partial charge in [0.15, 0.2) is 0 Å². The van der Waals surface area contributed by atoms with Crippen LogP contribution in [0, 0.1) is 0 Å². The van der Waals surface area contributed by atoms with Crippen molar-refractivity contribution in [1.82, 2.24) is 10.3 Å². The van der Waals surface area contributed by atoms with Crippen LogP contribution in [0.1, 0.15) is 5.56 Å². The third kappa shape index (κ3) is 3.54. The first-order valence-electron chi connectivity index (χ1n) is 5.30. The predicted molar refractivity (Wildman–Crippen MR) is 71.2 cm³/mol. The van der Waals surface area contributed by atoms with Gasteiger partial charge in [0, 0.05) is 17.2 Å². The van der Waals surface area contributed by atoms with E-state index in [0.717, 1.165) is 22.5 Å². The highest BCUT2D eigenvalue weighted by atomic mass is 79.9. The van der Waals surface area contributed by atoms with Crippen LogP contribution in [0.25, 0.3) is 0 Å². The summed E-state index contributed by atoms with van der Waals surface area (Å²) in [5.74, 6) is 1.54. The van der Waals surface area contributed by atoms with Gasteiger partial charge in [0.05, 0.1) is 6.20 Å². The van der Waals surface area contributed by atoms with E-state index < -0.39 is 0 Å². The zero-order chi connectivity index (χ0) is 12.1. The van der Waals surface area contributed by atoms with Crippen molar-refractivity contribution >= 4 is 15.9 Å². The highest BCUT2D eigenvalue weighted by Gasteiger charge is 1.99. The average Bonchev–Trinajstić information content (AvgIpc) is 2.30. The van der Waals surface area contributed by atoms with Crippen molar-refractivity contribution in [1.29, 1.82) is 0 Å². The highest BCUT2D eigenvalue weighted by Crippen LogP contribution is 2.23. The van der Waals surface area contributed by atoms with Gasteiger partial charge in [-0.3, -0.25) is 4.98 Å². The standard InChI is InChI=1S/C13H13BrN2O/c1-15-7-10-3-2-4-12(5-10)17-13-6-11(14)8-16-9-13/h2-6,8-9,15H,7H2,1H3. The van der Waals surface area contributed by atoms with Crippen LogP contribution in [-0.4, -0.2) is 12.0 Å². The molecule has 0 unspecified atom stereocenters. The SMILES string of the molecule is CNCc1cccc(Oc2cncc(Br)c2)c1. The molecule has 2 rings (SSSR count). The quantitative estimate of drug-likeness (QED) is 0.938. The summed E-state index contributed by atoms with van der Waals surface area (Å²) in [4.78, 5) is 4.05. The fraction of sp³-hybridized carbons (Fsp3) is 0.154. The minimum Gasteiger partial charge on any atom is -0.456 e. The Morgan fingerprint density at radius 2 is 2.12 bits per heavy atom. The van der Waals surface area contributed by atoms with Gasteiger partial charge in [-0.25, -0.2) is 0 Å². The Morgan fingerprint density at radius 3 is 2.88 bits per heavy atom. The first-order chi connectivity index (χ1) is 8.28. The Bertz CT molecular complexity index is 502. The number of ether oxygens (including phenoxy) is 1. The summed E-state index contributed by atoms with van der Waals surface area (Å²) in [6.45, 7) is 0.827. The average molecular weight is 293 g/mol. The van der Waals surface area contributed by atoms with E-state index in [9.17, 15) is 0 Å². The van der Waals surface area contributed by atoms with Crippen LogP contribution >= 0.6 is 15.9 Å². The molecule has 88 valence electrons. The Labute approximate surface area is 109 Å². The molecule has 3 nitrogen and oxygen atoms in total. The first kappa shape index (κ1) is 12.1. The fourth-order valence-electron chi connectivity index (χ4n) is 1.51. The van der Waals surface area contributed by atoms with Gasteiger partial charge in [-0.1, -0.05) is 12.1 Å². The van der Waals surface area contributed by atoms with Crippen molar-refractivity contribution in [2.75, 3.05) is 7.05 Å². The van der Waals surface area contributed by atoms with Gasteiger partial charge in [0.1, 0.15) is 11.5 Å². The molecule has 0 aliphatic carbocycles. The molecule has 0 fully saturated rings. The van der Waals surface area contributed by atoms with E-state index in [-0.39, 0.29) is 0 Å². The van der Waals surface area contributed by atoms with E-state index in [0.29, 0.717) is 0 Å². The molecule has 1 heterocycles. The number of aromatic nitrogens is 1. The summed E-state index contributed by atoms with van der Waals surface area (Å²) in [5.41, 5.74) is 1.19. The van der Waals surface area contributed by atoms with Gasteiger partial charge in [0.25, 0.3) is 0 Å². The molecular formula is C13H13BrN2O. The van der Waals surface area contributed by atoms with Gasteiger partial charge in [-0.2, -0.15) is 0 Å². The van der Waals surface area contributed by atoms with Crippen molar-refractivity contribution in [2.45, 2.75) is 6.54 Å². The molecule has 0 aliphatic rings. The molecule has 0 saturated carbocycles. The molecule has 0 atom stereocenters. The zero-order valence-electron chi connectivity index (χ0n) is 9.48. The number of nitrogens with one attached hydrogen (secondary N) is 1. The van der Waals surface area contributed by atoms with E-state index in [1.54, 1.807) is 12.4 Å². The lowest BCUT2D eigenvalue weighted by Gasteiger charge is -2.07. The second-order valence-corrected chi connectivity index (χ2v) is 4.53. The van der Waals surface area contributed by atoms with Crippen LogP contribution in [0.3, 0.4) is 0 Å². The molecule has 4 heteroatoms. The number of hydrogen-bond acceptors (Lipinski definition) is 3. The molecular weight excluding hydrogens is 280 g/mol. The number of rotatable bonds is 4. The van der Waals surface area contributed by atoms with Crippen LogP contribution in [-0.2, 0) is 6.54 Å². The molecule has 1 N–H and O–H groups in total. The molecule has 0 amide bonds. The van der Waals surface area contributed by atoms with Crippen LogP contribution in [0.2, 0.25) is 0 Å². The summed E-state index contributed by atoms with van der Waals surface area (Å²) >= 11 is 3.36. The number of benzene rings is 1. The lowest BCUT2D eigenvalue weighted by Crippen LogP contribution is -2.04. The second kappa shape index (κ2) is 5.80. The van der Waals surface area contributed by atoms with Crippen LogP contribution in [0.15, 0.2) is 47.2 Å². The Hall–Kier alpha value is -1.39. The molecule has 0 aliphatic heterocycles. The Kier molecular flexibility index (Phi) is 4.12. The summed E-state index contributed by atoms with van der Waals surface area (Å²) in [5, 5.41) is 3.11. The van der Waals surface area contributed by atoms with Crippen LogP contribution < -0.4 is 10.1 Å². The van der Waals surface area contributed by atoms with Crippen LogP contribution in [0.5, 0.6) is 11.5 Å². The molecule has 1 aromatic carbocycles. The summed E-state index contributed by atoms with van der Waals surface area (Å²) < 4.78 is 6.63. The van der Waals surface area contributed by atoms with Gasteiger partial charge >= 0.3 is 0 Å².